The first kappa shape index (κ1) is 14.7. The summed E-state index contributed by atoms with van der Waals surface area (Å²) in [5, 5.41) is 0. The van der Waals surface area contributed by atoms with Crippen molar-refractivity contribution in [3.05, 3.63) is 23.8 Å². The van der Waals surface area contributed by atoms with Crippen molar-refractivity contribution in [3.63, 3.8) is 0 Å². The summed E-state index contributed by atoms with van der Waals surface area (Å²) in [6.45, 7) is 2.96. The molecule has 4 heteroatoms. The van der Waals surface area contributed by atoms with E-state index in [2.05, 4.69) is 6.92 Å². The number of rotatable bonds is 3. The van der Waals surface area contributed by atoms with Gasteiger partial charge in [0.05, 0.1) is 19.8 Å². The van der Waals surface area contributed by atoms with Crippen molar-refractivity contribution in [2.24, 2.45) is 5.73 Å². The predicted octanol–water partition coefficient (Wildman–Crippen LogP) is 3.20. The first-order chi connectivity index (χ1) is 10.2. The fourth-order valence-corrected chi connectivity index (χ4v) is 3.59. The highest BCUT2D eigenvalue weighted by Crippen LogP contribution is 2.45. The fraction of sp³-hybridized carbons (Fsp3) is 0.647. The average Bonchev–Trinajstić information content (AvgIpc) is 2.47. The third kappa shape index (κ3) is 2.87. The first-order valence-corrected chi connectivity index (χ1v) is 7.90. The van der Waals surface area contributed by atoms with E-state index >= 15 is 0 Å². The normalized spacial score (nSPS) is 31.6. The minimum Gasteiger partial charge on any atom is -0.497 e. The van der Waals surface area contributed by atoms with Gasteiger partial charge in [0.25, 0.3) is 0 Å². The Bertz CT molecular complexity index is 503. The highest BCUT2D eigenvalue weighted by Gasteiger charge is 2.43. The van der Waals surface area contributed by atoms with Crippen molar-refractivity contribution in [1.82, 2.24) is 0 Å². The third-order valence-electron chi connectivity index (χ3n) is 4.66. The molecule has 1 aromatic rings. The van der Waals surface area contributed by atoms with Crippen LogP contribution < -0.4 is 15.2 Å². The lowest BCUT2D eigenvalue weighted by Crippen LogP contribution is -2.49. The van der Waals surface area contributed by atoms with Gasteiger partial charge in [0.15, 0.2) is 0 Å². The summed E-state index contributed by atoms with van der Waals surface area (Å²) in [5.41, 5.74) is 7.32. The van der Waals surface area contributed by atoms with E-state index in [1.54, 1.807) is 7.11 Å². The topological polar surface area (TPSA) is 53.7 Å². The van der Waals surface area contributed by atoms with Crippen LogP contribution in [-0.4, -0.2) is 25.4 Å². The quantitative estimate of drug-likeness (QED) is 0.929. The van der Waals surface area contributed by atoms with Gasteiger partial charge in [-0.2, -0.15) is 0 Å². The van der Waals surface area contributed by atoms with Crippen molar-refractivity contribution in [2.45, 2.75) is 56.8 Å². The lowest BCUT2D eigenvalue weighted by atomic mass is 9.79. The Morgan fingerprint density at radius 1 is 1.38 bits per heavy atom. The van der Waals surface area contributed by atoms with Gasteiger partial charge in [-0.15, -0.1) is 0 Å². The van der Waals surface area contributed by atoms with Gasteiger partial charge in [-0.25, -0.2) is 0 Å². The van der Waals surface area contributed by atoms with Gasteiger partial charge in [-0.3, -0.25) is 0 Å². The van der Waals surface area contributed by atoms with Crippen LogP contribution in [0.25, 0.3) is 0 Å². The number of benzene rings is 1. The highest BCUT2D eigenvalue weighted by molar-refractivity contribution is 5.44. The number of methoxy groups -OCH3 is 1. The molecule has 2 aliphatic rings. The maximum atomic E-state index is 6.42. The molecule has 2 N–H and O–H groups in total. The number of nitrogens with two attached hydrogens (primary N) is 1. The summed E-state index contributed by atoms with van der Waals surface area (Å²) in [6, 6.07) is 5.92. The summed E-state index contributed by atoms with van der Waals surface area (Å²) in [7, 11) is 1.67. The molecule has 1 saturated heterocycles. The van der Waals surface area contributed by atoms with Crippen LogP contribution in [0.3, 0.4) is 0 Å². The van der Waals surface area contributed by atoms with Crippen LogP contribution in [-0.2, 0) is 4.74 Å². The monoisotopic (exact) mass is 291 g/mol. The first-order valence-electron chi connectivity index (χ1n) is 7.90. The number of hydrogen-bond acceptors (Lipinski definition) is 4. The van der Waals surface area contributed by atoms with Crippen molar-refractivity contribution in [3.8, 4) is 11.5 Å². The van der Waals surface area contributed by atoms with Gasteiger partial charge in [0.2, 0.25) is 0 Å². The molecule has 0 bridgehead atoms. The zero-order chi connectivity index (χ0) is 14.9. The molecule has 1 fully saturated rings. The maximum absolute atomic E-state index is 6.42. The minimum atomic E-state index is -0.154. The van der Waals surface area contributed by atoms with Crippen LogP contribution in [0.4, 0.5) is 0 Å². The Hall–Kier alpha value is -1.26. The van der Waals surface area contributed by atoms with Gasteiger partial charge < -0.3 is 19.9 Å². The van der Waals surface area contributed by atoms with E-state index in [1.807, 2.05) is 18.2 Å². The van der Waals surface area contributed by atoms with Gasteiger partial charge in [-0.1, -0.05) is 13.3 Å². The van der Waals surface area contributed by atoms with E-state index in [4.69, 9.17) is 19.9 Å². The zero-order valence-electron chi connectivity index (χ0n) is 12.9. The Balaban J connectivity index is 1.83. The van der Waals surface area contributed by atoms with E-state index in [1.165, 1.54) is 0 Å². The number of hydrogen-bond donors (Lipinski definition) is 1. The SMILES string of the molecule is CCCC1CC2(CCO1)C[C@H](N)c1cc(OC)ccc1O2. The Morgan fingerprint density at radius 3 is 3.00 bits per heavy atom. The van der Waals surface area contributed by atoms with Crippen molar-refractivity contribution >= 4 is 0 Å². The summed E-state index contributed by atoms with van der Waals surface area (Å²) >= 11 is 0. The van der Waals surface area contributed by atoms with Gasteiger partial charge in [0.1, 0.15) is 17.1 Å². The Kier molecular flexibility index (Phi) is 4.09. The van der Waals surface area contributed by atoms with Gasteiger partial charge in [0, 0.05) is 30.9 Å². The minimum absolute atomic E-state index is 0.00391. The van der Waals surface area contributed by atoms with Crippen molar-refractivity contribution in [2.75, 3.05) is 13.7 Å². The molecule has 3 rings (SSSR count). The summed E-state index contributed by atoms with van der Waals surface area (Å²) in [5.74, 6) is 1.74. The summed E-state index contributed by atoms with van der Waals surface area (Å²) in [4.78, 5) is 0. The molecule has 1 aromatic carbocycles. The number of fused-ring (bicyclic) bond motifs is 1. The molecule has 0 saturated carbocycles. The molecule has 2 heterocycles. The molecule has 0 aliphatic carbocycles. The van der Waals surface area contributed by atoms with Crippen LogP contribution in [0.1, 0.15) is 50.6 Å². The zero-order valence-corrected chi connectivity index (χ0v) is 12.9. The van der Waals surface area contributed by atoms with Gasteiger partial charge >= 0.3 is 0 Å². The lowest BCUT2D eigenvalue weighted by molar-refractivity contribution is -0.103. The van der Waals surface area contributed by atoms with Gasteiger partial charge in [-0.05, 0) is 24.6 Å². The molecular formula is C17H25NO3. The molecule has 0 amide bonds. The Morgan fingerprint density at radius 2 is 2.24 bits per heavy atom. The predicted molar refractivity (Wildman–Crippen MR) is 81.8 cm³/mol. The van der Waals surface area contributed by atoms with E-state index in [-0.39, 0.29) is 11.6 Å². The van der Waals surface area contributed by atoms with Crippen LogP contribution >= 0.6 is 0 Å². The van der Waals surface area contributed by atoms with E-state index in [0.717, 1.165) is 55.8 Å². The standard InChI is InChI=1S/C17H25NO3/c1-3-4-13-10-17(7-8-20-13)11-15(18)14-9-12(19-2)5-6-16(14)21-17/h5-6,9,13,15H,3-4,7-8,10-11,18H2,1-2H3/t13?,15-,17?/m0/s1. The molecule has 1 spiro atoms. The lowest BCUT2D eigenvalue weighted by Gasteiger charge is -2.46. The summed E-state index contributed by atoms with van der Waals surface area (Å²) < 4.78 is 17.5. The van der Waals surface area contributed by atoms with Crippen LogP contribution in [0.2, 0.25) is 0 Å². The molecule has 2 unspecified atom stereocenters. The van der Waals surface area contributed by atoms with E-state index < -0.39 is 0 Å². The molecule has 4 nitrogen and oxygen atoms in total. The summed E-state index contributed by atoms with van der Waals surface area (Å²) in [6.07, 6.45) is 5.26. The molecule has 2 aliphatic heterocycles. The largest absolute Gasteiger partial charge is 0.497 e. The molecule has 116 valence electrons. The average molecular weight is 291 g/mol. The highest BCUT2D eigenvalue weighted by atomic mass is 16.5. The van der Waals surface area contributed by atoms with Crippen LogP contribution in [0.15, 0.2) is 18.2 Å². The molecule has 3 atom stereocenters. The van der Waals surface area contributed by atoms with E-state index in [0.29, 0.717) is 6.10 Å². The second kappa shape index (κ2) is 5.85. The third-order valence-corrected chi connectivity index (χ3v) is 4.66. The van der Waals surface area contributed by atoms with E-state index in [9.17, 15) is 0 Å². The molecule has 0 aromatic heterocycles. The second-order valence-electron chi connectivity index (χ2n) is 6.24. The van der Waals surface area contributed by atoms with Crippen LogP contribution in [0, 0.1) is 0 Å². The molecule has 21 heavy (non-hydrogen) atoms. The maximum Gasteiger partial charge on any atom is 0.125 e. The fourth-order valence-electron chi connectivity index (χ4n) is 3.59. The smallest absolute Gasteiger partial charge is 0.125 e. The second-order valence-corrected chi connectivity index (χ2v) is 6.24. The van der Waals surface area contributed by atoms with Crippen LogP contribution in [0.5, 0.6) is 11.5 Å². The van der Waals surface area contributed by atoms with Crippen molar-refractivity contribution < 1.29 is 14.2 Å². The molecule has 0 radical (unpaired) electrons. The number of ether oxygens (including phenoxy) is 3. The Labute approximate surface area is 126 Å². The van der Waals surface area contributed by atoms with Crippen molar-refractivity contribution in [1.29, 1.82) is 0 Å². The molecular weight excluding hydrogens is 266 g/mol.